The summed E-state index contributed by atoms with van der Waals surface area (Å²) in [7, 11) is 1.08. The first kappa shape index (κ1) is 8.82. The normalized spacial score (nSPS) is 4.50. The van der Waals surface area contributed by atoms with Crippen molar-refractivity contribution in [2.75, 3.05) is 0 Å². The molecule has 0 aliphatic heterocycles. The van der Waals surface area contributed by atoms with E-state index in [2.05, 4.69) is 13.1 Å². The lowest BCUT2D eigenvalue weighted by Gasteiger charge is -1.44. The van der Waals surface area contributed by atoms with Crippen LogP contribution >= 0.6 is 12.4 Å². The van der Waals surface area contributed by atoms with E-state index in [1.54, 1.807) is 0 Å². The van der Waals surface area contributed by atoms with Crippen LogP contribution in [-0.2, 0) is 0 Å². The lowest BCUT2D eigenvalue weighted by molar-refractivity contribution is 2.14. The van der Waals surface area contributed by atoms with Gasteiger partial charge in [-0.25, -0.2) is 0 Å². The highest BCUT2D eigenvalue weighted by Gasteiger charge is 1.39. The van der Waals surface area contributed by atoms with Gasteiger partial charge >= 0.3 is 0 Å². The fraction of sp³-hybridized carbons (Fsp3) is 1.00. The molecule has 0 aromatic heterocycles. The summed E-state index contributed by atoms with van der Waals surface area (Å²) >= 11 is 0. The average Bonchev–Trinajstić information content (AvgIpc) is 0.918. The van der Waals surface area contributed by atoms with Crippen molar-refractivity contribution >= 4 is 21.9 Å². The third-order valence-electron chi connectivity index (χ3n) is 0. The molecule has 26 valence electrons. The first-order valence-electron chi connectivity index (χ1n) is 1.00. The van der Waals surface area contributed by atoms with Gasteiger partial charge in [0.25, 0.3) is 0 Å². The van der Waals surface area contributed by atoms with Crippen LogP contribution in [0.3, 0.4) is 0 Å². The van der Waals surface area contributed by atoms with E-state index >= 15 is 0 Å². The second-order valence-electron chi connectivity index (χ2n) is 0.500. The number of halogens is 1. The Hall–Kier alpha value is 0.507. The molecule has 0 bridgehead atoms. The second-order valence-corrected chi connectivity index (χ2v) is 1.50. The smallest absolute Gasteiger partial charge is 0.0307 e. The molecule has 0 saturated heterocycles. The Balaban J connectivity index is 0. The average molecular weight is 94.6 g/mol. The van der Waals surface area contributed by atoms with Crippen LogP contribution in [0.4, 0.5) is 0 Å². The van der Waals surface area contributed by atoms with Gasteiger partial charge in [-0.15, -0.1) is 12.4 Å². The van der Waals surface area contributed by atoms with Crippen molar-refractivity contribution in [1.29, 1.82) is 0 Å². The lowest BCUT2D eigenvalue weighted by atomic mass is 11.9. The largest absolute Gasteiger partial charge is 0.147 e. The summed E-state index contributed by atoms with van der Waals surface area (Å²) in [5.41, 5.74) is 0. The van der Waals surface area contributed by atoms with Crippen LogP contribution in [0.15, 0.2) is 0 Å². The molecule has 0 aromatic rings. The van der Waals surface area contributed by atoms with Crippen molar-refractivity contribution in [2.45, 2.75) is 13.1 Å². The zero-order valence-electron chi connectivity index (χ0n) is 2.91. The van der Waals surface area contributed by atoms with Crippen LogP contribution in [0.2, 0.25) is 13.1 Å². The maximum Gasteiger partial charge on any atom is 0.0307 e. The Kier molecular flexibility index (Phi) is 21.4. The third-order valence-corrected chi connectivity index (χ3v) is 0. The predicted octanol–water partition coefficient (Wildman–Crippen LogP) is 1.21. The zero-order chi connectivity index (χ0) is 2.71. The fourth-order valence-electron chi connectivity index (χ4n) is 0. The van der Waals surface area contributed by atoms with Crippen molar-refractivity contribution in [3.63, 3.8) is 0 Å². The van der Waals surface area contributed by atoms with Gasteiger partial charge in [-0.2, -0.15) is 0 Å². The van der Waals surface area contributed by atoms with E-state index in [9.17, 15) is 0 Å². The molecule has 0 N–H and O–H groups in total. The Morgan fingerprint density at radius 3 is 1.25 bits per heavy atom. The Labute approximate surface area is 35.8 Å². The van der Waals surface area contributed by atoms with Gasteiger partial charge in [-0.1, -0.05) is 13.1 Å². The van der Waals surface area contributed by atoms with Crippen LogP contribution < -0.4 is 0 Å². The molecule has 4 heavy (non-hydrogen) atoms. The molecule has 0 unspecified atom stereocenters. The highest BCUT2D eigenvalue weighted by Crippen LogP contribution is 1.36. The second kappa shape index (κ2) is 9.71. The van der Waals surface area contributed by atoms with Crippen LogP contribution in [0.1, 0.15) is 0 Å². The maximum absolute atomic E-state index is 2.15. The van der Waals surface area contributed by atoms with Gasteiger partial charge < -0.3 is 0 Å². The molecule has 0 fully saturated rings. The SMILES string of the molecule is C[Si]C.Cl. The van der Waals surface area contributed by atoms with Gasteiger partial charge in [0.2, 0.25) is 0 Å². The molecule has 0 spiro atoms. The van der Waals surface area contributed by atoms with Crippen LogP contribution in [-0.4, -0.2) is 9.52 Å². The Bertz CT molecular complexity index is 6.00. The standard InChI is InChI=1S/C2H6Si.ClH/c1-3-2;/h1-2H3;1H. The molecular weight excluding hydrogens is 87.6 g/mol. The van der Waals surface area contributed by atoms with Crippen LogP contribution in [0, 0.1) is 0 Å². The number of hydrogen-bond acceptors (Lipinski definition) is 0. The first-order valence-corrected chi connectivity index (χ1v) is 3.00. The molecule has 0 saturated carbocycles. The summed E-state index contributed by atoms with van der Waals surface area (Å²) in [6, 6.07) is 0. The summed E-state index contributed by atoms with van der Waals surface area (Å²) in [6.07, 6.45) is 0. The van der Waals surface area contributed by atoms with Crippen molar-refractivity contribution in [1.82, 2.24) is 0 Å². The molecule has 0 atom stereocenters. The van der Waals surface area contributed by atoms with E-state index in [-0.39, 0.29) is 12.4 Å². The van der Waals surface area contributed by atoms with Crippen molar-refractivity contribution in [3.8, 4) is 0 Å². The molecule has 0 rings (SSSR count). The van der Waals surface area contributed by atoms with E-state index < -0.39 is 0 Å². The minimum atomic E-state index is 0. The van der Waals surface area contributed by atoms with Gasteiger partial charge in [0.15, 0.2) is 0 Å². The molecule has 0 aromatic carbocycles. The molecular formula is C2H7ClSi. The van der Waals surface area contributed by atoms with Crippen molar-refractivity contribution < 1.29 is 0 Å². The molecule has 0 amide bonds. The fourth-order valence-corrected chi connectivity index (χ4v) is 0. The minimum absolute atomic E-state index is 0. The van der Waals surface area contributed by atoms with E-state index in [1.165, 1.54) is 0 Å². The summed E-state index contributed by atoms with van der Waals surface area (Å²) in [5.74, 6) is 0. The van der Waals surface area contributed by atoms with E-state index in [0.717, 1.165) is 9.52 Å². The van der Waals surface area contributed by atoms with Crippen molar-refractivity contribution in [2.24, 2.45) is 0 Å². The predicted molar refractivity (Wildman–Crippen MR) is 24.7 cm³/mol. The van der Waals surface area contributed by atoms with Gasteiger partial charge in [-0.05, 0) is 0 Å². The molecule has 0 aliphatic carbocycles. The summed E-state index contributed by atoms with van der Waals surface area (Å²) in [6.45, 7) is 4.31. The maximum atomic E-state index is 2.15. The molecule has 2 radical (unpaired) electrons. The van der Waals surface area contributed by atoms with E-state index in [1.807, 2.05) is 0 Å². The van der Waals surface area contributed by atoms with Gasteiger partial charge in [-0.3, -0.25) is 0 Å². The summed E-state index contributed by atoms with van der Waals surface area (Å²) in [5, 5.41) is 0. The first-order chi connectivity index (χ1) is 1.41. The highest BCUT2D eigenvalue weighted by molar-refractivity contribution is 6.31. The van der Waals surface area contributed by atoms with Gasteiger partial charge in [0, 0.05) is 9.52 Å². The van der Waals surface area contributed by atoms with Gasteiger partial charge in [0.05, 0.1) is 0 Å². The highest BCUT2D eigenvalue weighted by atomic mass is 35.5. The zero-order valence-corrected chi connectivity index (χ0v) is 4.72. The topological polar surface area (TPSA) is 0 Å². The van der Waals surface area contributed by atoms with E-state index in [4.69, 9.17) is 0 Å². The molecule has 0 heterocycles. The quantitative estimate of drug-likeness (QED) is 0.396. The summed E-state index contributed by atoms with van der Waals surface area (Å²) in [4.78, 5) is 0. The third kappa shape index (κ3) is 22.2. The van der Waals surface area contributed by atoms with E-state index in [0.29, 0.717) is 0 Å². The molecule has 0 nitrogen and oxygen atoms in total. The Morgan fingerprint density at radius 1 is 1.25 bits per heavy atom. The minimum Gasteiger partial charge on any atom is -0.147 e. The Morgan fingerprint density at radius 2 is 1.25 bits per heavy atom. The van der Waals surface area contributed by atoms with Crippen LogP contribution in [0.25, 0.3) is 0 Å². The monoisotopic (exact) mass is 94.0 g/mol. The van der Waals surface area contributed by atoms with Crippen molar-refractivity contribution in [3.05, 3.63) is 0 Å². The lowest BCUT2D eigenvalue weighted by Crippen LogP contribution is -1.53. The summed E-state index contributed by atoms with van der Waals surface area (Å²) < 4.78 is 0. The number of hydrogen-bond donors (Lipinski definition) is 0. The molecule has 0 aliphatic rings. The van der Waals surface area contributed by atoms with Crippen LogP contribution in [0.5, 0.6) is 0 Å². The van der Waals surface area contributed by atoms with Gasteiger partial charge in [0.1, 0.15) is 0 Å². The number of rotatable bonds is 0. The molecule has 2 heteroatoms.